The molecule has 2 saturated carbocycles. The standard InChI is InChI=1S/C38H53N5O9S/c1-11-23-20-38(23,33(46)42-53(48,49)26-13-14-26)41-30(44)28-19-25(21-43(28)32(45)29(35(2,3)4)40-34(47)52-37(8,9)10)50-31-27-15-12-24(51-36(5,6)7)18-22(27)16-17-39-31/h11-12,15-18,23,25-26,28-29H,1,13-14,19-21H2,2-10H3,(H,40,47)(H,41,44)(H,42,46)/t23?,25-,28+,29-,38-/m1/s1. The zero-order valence-corrected chi connectivity index (χ0v) is 32.9. The van der Waals surface area contributed by atoms with Crippen molar-refractivity contribution in [1.82, 2.24) is 25.2 Å². The number of carbonyl (C=O) groups excluding carboxylic acids is 4. The number of nitrogens with one attached hydrogen (secondary N) is 3. The van der Waals surface area contributed by atoms with Crippen LogP contribution in [0.15, 0.2) is 43.1 Å². The molecule has 0 spiro atoms. The lowest BCUT2D eigenvalue weighted by Gasteiger charge is -2.36. The van der Waals surface area contributed by atoms with E-state index >= 15 is 0 Å². The van der Waals surface area contributed by atoms with Crippen molar-refractivity contribution < 1.29 is 41.8 Å². The third kappa shape index (κ3) is 9.40. The van der Waals surface area contributed by atoms with Crippen molar-refractivity contribution in [2.75, 3.05) is 6.54 Å². The molecule has 5 rings (SSSR count). The predicted molar refractivity (Wildman–Crippen MR) is 199 cm³/mol. The Morgan fingerprint density at radius 3 is 2.26 bits per heavy atom. The van der Waals surface area contributed by atoms with Crippen molar-refractivity contribution in [3.63, 3.8) is 0 Å². The number of hydrogen-bond acceptors (Lipinski definition) is 10. The van der Waals surface area contributed by atoms with Crippen molar-refractivity contribution in [3.05, 3.63) is 43.1 Å². The Morgan fingerprint density at radius 2 is 1.70 bits per heavy atom. The van der Waals surface area contributed by atoms with Crippen molar-refractivity contribution >= 4 is 44.6 Å². The van der Waals surface area contributed by atoms with Gasteiger partial charge in [-0.3, -0.25) is 19.1 Å². The van der Waals surface area contributed by atoms with E-state index in [1.54, 1.807) is 47.7 Å². The number of aromatic nitrogens is 1. The van der Waals surface area contributed by atoms with Gasteiger partial charge in [0.2, 0.25) is 27.7 Å². The lowest BCUT2D eigenvalue weighted by molar-refractivity contribution is -0.143. The number of rotatable bonds is 11. The third-order valence-corrected chi connectivity index (χ3v) is 11.1. The third-order valence-electron chi connectivity index (χ3n) is 9.27. The first-order chi connectivity index (χ1) is 24.4. The van der Waals surface area contributed by atoms with E-state index in [2.05, 4.69) is 26.9 Å². The molecule has 2 heterocycles. The van der Waals surface area contributed by atoms with Gasteiger partial charge in [-0.05, 0) is 95.9 Å². The first-order valence-electron chi connectivity index (χ1n) is 18.0. The molecule has 5 atom stereocenters. The van der Waals surface area contributed by atoms with E-state index in [0.29, 0.717) is 24.0 Å². The summed E-state index contributed by atoms with van der Waals surface area (Å²) in [5.74, 6) is -1.65. The summed E-state index contributed by atoms with van der Waals surface area (Å²) in [6, 6.07) is 5.09. The molecule has 3 N–H and O–H groups in total. The fourth-order valence-corrected chi connectivity index (χ4v) is 7.79. The molecule has 3 aliphatic rings. The van der Waals surface area contributed by atoms with Gasteiger partial charge in [-0.2, -0.15) is 0 Å². The minimum atomic E-state index is -3.90. The van der Waals surface area contributed by atoms with E-state index in [0.717, 1.165) is 5.39 Å². The van der Waals surface area contributed by atoms with Crippen molar-refractivity contribution in [1.29, 1.82) is 0 Å². The van der Waals surface area contributed by atoms with Gasteiger partial charge in [0, 0.05) is 23.9 Å². The van der Waals surface area contributed by atoms with E-state index in [4.69, 9.17) is 14.2 Å². The second kappa shape index (κ2) is 14.1. The first kappa shape index (κ1) is 39.8. The van der Waals surface area contributed by atoms with Gasteiger partial charge in [-0.15, -0.1) is 6.58 Å². The second-order valence-corrected chi connectivity index (χ2v) is 19.3. The molecule has 2 aromatic rings. The van der Waals surface area contributed by atoms with Crippen LogP contribution < -0.4 is 24.8 Å². The lowest BCUT2D eigenvalue weighted by atomic mass is 9.85. The highest BCUT2D eigenvalue weighted by Gasteiger charge is 2.62. The highest BCUT2D eigenvalue weighted by molar-refractivity contribution is 7.91. The van der Waals surface area contributed by atoms with Gasteiger partial charge in [0.05, 0.1) is 11.8 Å². The molecule has 0 bridgehead atoms. The second-order valence-electron chi connectivity index (χ2n) is 17.3. The number of sulfonamides is 1. The number of amides is 4. The summed E-state index contributed by atoms with van der Waals surface area (Å²) in [6.45, 7) is 20.0. The number of carbonyl (C=O) groups is 4. The van der Waals surface area contributed by atoms with E-state index in [9.17, 15) is 27.6 Å². The molecule has 15 heteroatoms. The summed E-state index contributed by atoms with van der Waals surface area (Å²) in [6.07, 6.45) is 2.64. The number of fused-ring (bicyclic) bond motifs is 1. The molecule has 290 valence electrons. The minimum absolute atomic E-state index is 0.0149. The molecule has 1 saturated heterocycles. The van der Waals surface area contributed by atoms with E-state index in [1.165, 1.54) is 11.0 Å². The van der Waals surface area contributed by atoms with Gasteiger partial charge < -0.3 is 29.7 Å². The Labute approximate surface area is 311 Å². The van der Waals surface area contributed by atoms with Crippen LogP contribution in [0.5, 0.6) is 11.6 Å². The largest absolute Gasteiger partial charge is 0.488 e. The van der Waals surface area contributed by atoms with Gasteiger partial charge >= 0.3 is 6.09 Å². The van der Waals surface area contributed by atoms with E-state index in [1.807, 2.05) is 45.0 Å². The highest BCUT2D eigenvalue weighted by Crippen LogP contribution is 2.45. The Hall–Kier alpha value is -4.40. The molecule has 1 aliphatic heterocycles. The van der Waals surface area contributed by atoms with Gasteiger partial charge in [-0.1, -0.05) is 26.8 Å². The van der Waals surface area contributed by atoms with Crippen molar-refractivity contribution in [3.8, 4) is 11.6 Å². The van der Waals surface area contributed by atoms with Crippen LogP contribution in [0, 0.1) is 11.3 Å². The van der Waals surface area contributed by atoms with Crippen LogP contribution in [0.3, 0.4) is 0 Å². The van der Waals surface area contributed by atoms with Gasteiger partial charge in [0.15, 0.2) is 0 Å². The van der Waals surface area contributed by atoms with Crippen LogP contribution in [-0.4, -0.2) is 88.8 Å². The molecular weight excluding hydrogens is 703 g/mol. The quantitative estimate of drug-likeness (QED) is 0.279. The van der Waals surface area contributed by atoms with Gasteiger partial charge in [0.25, 0.3) is 5.91 Å². The van der Waals surface area contributed by atoms with Gasteiger partial charge in [0.1, 0.15) is 40.7 Å². The number of alkyl carbamates (subject to hydrolysis) is 1. The highest BCUT2D eigenvalue weighted by atomic mass is 32.2. The zero-order chi connectivity index (χ0) is 39.3. The summed E-state index contributed by atoms with van der Waals surface area (Å²) < 4.78 is 45.5. The Morgan fingerprint density at radius 1 is 1.02 bits per heavy atom. The van der Waals surface area contributed by atoms with Gasteiger partial charge in [-0.25, -0.2) is 18.2 Å². The number of nitrogens with zero attached hydrogens (tertiary/aromatic N) is 2. The van der Waals surface area contributed by atoms with E-state index in [-0.39, 0.29) is 25.3 Å². The first-order valence-corrected chi connectivity index (χ1v) is 19.5. The SMILES string of the molecule is C=CC1C[C@]1(NC(=O)[C@@H]1C[C@@H](Oc2nccc3cc(OC(C)(C)C)ccc23)CN1C(=O)[C@@H](NC(=O)OC(C)(C)C)C(C)(C)C)C(=O)NS(=O)(=O)C1CC1. The fraction of sp³-hybridized carbons (Fsp3) is 0.605. The Balaban J connectivity index is 1.44. The molecule has 1 unspecified atom stereocenters. The minimum Gasteiger partial charge on any atom is -0.488 e. The smallest absolute Gasteiger partial charge is 0.408 e. The predicted octanol–water partition coefficient (Wildman–Crippen LogP) is 4.37. The van der Waals surface area contributed by atoms with Crippen LogP contribution in [0.25, 0.3) is 10.8 Å². The molecule has 53 heavy (non-hydrogen) atoms. The summed E-state index contributed by atoms with van der Waals surface area (Å²) in [5.41, 5.74) is -3.61. The van der Waals surface area contributed by atoms with Crippen molar-refractivity contribution in [2.45, 2.75) is 128 Å². The molecular formula is C38H53N5O9S. The van der Waals surface area contributed by atoms with E-state index < -0.39 is 85.3 Å². The normalized spacial score (nSPS) is 23.8. The number of ether oxygens (including phenoxy) is 3. The molecule has 2 aliphatic carbocycles. The Kier molecular flexibility index (Phi) is 10.6. The Bertz CT molecular complexity index is 1890. The summed E-state index contributed by atoms with van der Waals surface area (Å²) in [5, 5.41) is 6.35. The number of hydrogen-bond donors (Lipinski definition) is 3. The molecule has 4 amide bonds. The topological polar surface area (TPSA) is 182 Å². The average molecular weight is 756 g/mol. The van der Waals surface area contributed by atoms with Crippen LogP contribution in [-0.2, 0) is 29.1 Å². The van der Waals surface area contributed by atoms with Crippen molar-refractivity contribution in [2.24, 2.45) is 11.3 Å². The molecule has 0 radical (unpaired) electrons. The molecule has 1 aromatic carbocycles. The van der Waals surface area contributed by atoms with Crippen LogP contribution in [0.2, 0.25) is 0 Å². The van der Waals surface area contributed by atoms with Crippen LogP contribution in [0.1, 0.15) is 88.0 Å². The maximum Gasteiger partial charge on any atom is 0.408 e. The number of likely N-dealkylation sites (tertiary alicyclic amines) is 1. The lowest BCUT2D eigenvalue weighted by Crippen LogP contribution is -2.60. The maximum atomic E-state index is 14.5. The van der Waals surface area contributed by atoms with Crippen LogP contribution >= 0.6 is 0 Å². The average Bonchev–Trinajstić information content (AvgIpc) is 3.94. The summed E-state index contributed by atoms with van der Waals surface area (Å²) >= 11 is 0. The fourth-order valence-electron chi connectivity index (χ4n) is 6.43. The molecule has 1 aromatic heterocycles. The number of pyridine rings is 1. The maximum absolute atomic E-state index is 14.5. The number of benzene rings is 1. The monoisotopic (exact) mass is 755 g/mol. The summed E-state index contributed by atoms with van der Waals surface area (Å²) in [4.78, 5) is 61.0. The zero-order valence-electron chi connectivity index (χ0n) is 32.1. The molecule has 14 nitrogen and oxygen atoms in total. The summed E-state index contributed by atoms with van der Waals surface area (Å²) in [7, 11) is -3.90. The molecule has 3 fully saturated rings. The van der Waals surface area contributed by atoms with Crippen LogP contribution in [0.4, 0.5) is 4.79 Å².